The van der Waals surface area contributed by atoms with E-state index in [2.05, 4.69) is 5.32 Å². The summed E-state index contributed by atoms with van der Waals surface area (Å²) in [7, 11) is 1.82. The predicted octanol–water partition coefficient (Wildman–Crippen LogP) is 2.62. The molecule has 1 N–H and O–H groups in total. The molecule has 0 bridgehead atoms. The van der Waals surface area contributed by atoms with Gasteiger partial charge in [0, 0.05) is 13.3 Å². The van der Waals surface area contributed by atoms with Crippen molar-refractivity contribution in [2.24, 2.45) is 0 Å². The number of rotatable bonds is 2. The van der Waals surface area contributed by atoms with Crippen molar-refractivity contribution in [3.05, 3.63) is 60.0 Å². The van der Waals surface area contributed by atoms with Crippen LogP contribution in [0.15, 0.2) is 48.6 Å². The zero-order chi connectivity index (χ0) is 11.6. The van der Waals surface area contributed by atoms with E-state index in [9.17, 15) is 4.39 Å². The van der Waals surface area contributed by atoms with Crippen LogP contribution >= 0.6 is 0 Å². The molecule has 2 heteroatoms. The monoisotopic (exact) mass is 204 g/mol. The highest BCUT2D eigenvalue weighted by Crippen LogP contribution is 2.24. The number of benzene rings is 1. The number of likely N-dealkylation sites (N-methyl/N-ethyl adjacent to an activating group) is 1. The Morgan fingerprint density at radius 3 is 2.53 bits per heavy atom. The molecule has 2 unspecified atom stereocenters. The molecule has 0 amide bonds. The molecular formula is C13H14FN. The van der Waals surface area contributed by atoms with Crippen LogP contribution in [0.4, 0.5) is 4.39 Å². The van der Waals surface area contributed by atoms with Gasteiger partial charge in [-0.3, -0.25) is 0 Å². The van der Waals surface area contributed by atoms with Gasteiger partial charge in [0.2, 0.25) is 0 Å². The maximum absolute atomic E-state index is 12.8. The average molecular weight is 204 g/mol. The van der Waals surface area contributed by atoms with Crippen molar-refractivity contribution in [3.8, 4) is 0 Å². The van der Waals surface area contributed by atoms with Crippen LogP contribution < -0.4 is 5.32 Å². The lowest BCUT2D eigenvalue weighted by atomic mass is 9.88. The van der Waals surface area contributed by atoms with E-state index in [1.54, 1.807) is 12.1 Å². The molecule has 2 rings (SSSR count). The molecule has 1 nitrogen and oxygen atoms in total. The maximum atomic E-state index is 12.8. The fourth-order valence-electron chi connectivity index (χ4n) is 1.71. The molecule has 0 saturated carbocycles. The second-order valence-corrected chi connectivity index (χ2v) is 3.47. The van der Waals surface area contributed by atoms with Gasteiger partial charge in [0.15, 0.2) is 0 Å². The van der Waals surface area contributed by atoms with E-state index in [4.69, 9.17) is 1.37 Å². The Balaban J connectivity index is 2.40. The normalized spacial score (nSPS) is 30.3. The van der Waals surface area contributed by atoms with Gasteiger partial charge in [0.05, 0.1) is 0 Å². The minimum Gasteiger partial charge on any atom is -0.313 e. The maximum Gasteiger partial charge on any atom is 0.123 e. The number of halogens is 1. The van der Waals surface area contributed by atoms with Crippen molar-refractivity contribution in [2.45, 2.75) is 11.9 Å². The highest BCUT2D eigenvalue weighted by molar-refractivity contribution is 5.32. The first-order valence-electron chi connectivity index (χ1n) is 5.46. The quantitative estimate of drug-likeness (QED) is 0.780. The van der Waals surface area contributed by atoms with E-state index < -0.39 is 5.89 Å². The first kappa shape index (κ1) is 8.86. The Kier molecular flexibility index (Phi) is 2.60. The summed E-state index contributed by atoms with van der Waals surface area (Å²) in [4.78, 5) is 0. The summed E-state index contributed by atoms with van der Waals surface area (Å²) in [5.41, 5.74) is 0.786. The first-order chi connectivity index (χ1) is 7.66. The molecule has 0 spiro atoms. The molecular weight excluding hydrogens is 189 g/mol. The molecule has 1 aromatic rings. The van der Waals surface area contributed by atoms with Crippen LogP contribution in [-0.4, -0.2) is 13.1 Å². The van der Waals surface area contributed by atoms with Gasteiger partial charge in [-0.2, -0.15) is 0 Å². The molecule has 1 aromatic carbocycles. The van der Waals surface area contributed by atoms with Crippen LogP contribution in [0, 0.1) is 5.82 Å². The minimum absolute atomic E-state index is 0.0945. The van der Waals surface area contributed by atoms with Crippen LogP contribution in [0.5, 0.6) is 0 Å². The van der Waals surface area contributed by atoms with Crippen molar-refractivity contribution in [1.29, 1.82) is 0 Å². The van der Waals surface area contributed by atoms with E-state index >= 15 is 0 Å². The van der Waals surface area contributed by atoms with E-state index in [-0.39, 0.29) is 11.9 Å². The Labute approximate surface area is 90.7 Å². The van der Waals surface area contributed by atoms with Crippen LogP contribution in [0.25, 0.3) is 0 Å². The fraction of sp³-hybridized carbons (Fsp3) is 0.231. The van der Waals surface area contributed by atoms with Gasteiger partial charge in [-0.25, -0.2) is 4.39 Å². The number of hydrogen-bond acceptors (Lipinski definition) is 1. The molecule has 0 fully saturated rings. The highest BCUT2D eigenvalue weighted by atomic mass is 19.1. The lowest BCUT2D eigenvalue weighted by molar-refractivity contribution is 0.597. The molecule has 0 saturated heterocycles. The van der Waals surface area contributed by atoms with Gasteiger partial charge in [-0.15, -0.1) is 0 Å². The second-order valence-electron chi connectivity index (χ2n) is 3.47. The fourth-order valence-corrected chi connectivity index (χ4v) is 1.71. The highest BCUT2D eigenvalue weighted by Gasteiger charge is 2.18. The molecule has 78 valence electrons. The average Bonchev–Trinajstić information content (AvgIpc) is 2.30. The van der Waals surface area contributed by atoms with Gasteiger partial charge in [0.25, 0.3) is 0 Å². The third kappa shape index (κ3) is 2.16. The molecule has 2 atom stereocenters. The van der Waals surface area contributed by atoms with E-state index in [1.165, 1.54) is 12.1 Å². The minimum atomic E-state index is -0.864. The molecule has 0 heterocycles. The Morgan fingerprint density at radius 2 is 1.87 bits per heavy atom. The molecule has 0 aliphatic heterocycles. The topological polar surface area (TPSA) is 12.0 Å². The number of hydrogen-bond donors (Lipinski definition) is 1. The summed E-state index contributed by atoms with van der Waals surface area (Å²) >= 11 is 0. The van der Waals surface area contributed by atoms with Crippen molar-refractivity contribution in [1.82, 2.24) is 5.32 Å². The van der Waals surface area contributed by atoms with Gasteiger partial charge < -0.3 is 5.32 Å². The van der Waals surface area contributed by atoms with Crippen LogP contribution in [-0.2, 0) is 0 Å². The molecule has 15 heavy (non-hydrogen) atoms. The molecule has 0 radical (unpaired) electrons. The van der Waals surface area contributed by atoms with E-state index in [0.717, 1.165) is 5.56 Å². The third-order valence-electron chi connectivity index (χ3n) is 2.51. The largest absolute Gasteiger partial charge is 0.313 e. The summed E-state index contributed by atoms with van der Waals surface area (Å²) in [5.74, 6) is -1.14. The van der Waals surface area contributed by atoms with E-state index in [0.29, 0.717) is 0 Å². The van der Waals surface area contributed by atoms with Crippen LogP contribution in [0.3, 0.4) is 0 Å². The molecule has 1 aliphatic rings. The van der Waals surface area contributed by atoms with Crippen LogP contribution in [0.1, 0.15) is 12.8 Å². The van der Waals surface area contributed by atoms with Gasteiger partial charge in [0.1, 0.15) is 5.82 Å². The van der Waals surface area contributed by atoms with Crippen molar-refractivity contribution >= 4 is 0 Å². The standard InChI is InChI=1S/C13H14FN/c1-15-13-5-3-2-4-12(13)10-6-8-11(14)9-7-10/h2-9,12-13,15H,1H3/i12D. The second kappa shape index (κ2) is 4.41. The predicted molar refractivity (Wildman–Crippen MR) is 60.3 cm³/mol. The van der Waals surface area contributed by atoms with Crippen molar-refractivity contribution in [3.63, 3.8) is 0 Å². The Morgan fingerprint density at radius 1 is 1.20 bits per heavy atom. The molecule has 1 aliphatic carbocycles. The summed E-state index contributed by atoms with van der Waals surface area (Å²) in [6.07, 6.45) is 7.53. The van der Waals surface area contributed by atoms with Crippen LogP contribution in [0.2, 0.25) is 0 Å². The lowest BCUT2D eigenvalue weighted by Gasteiger charge is -2.24. The Hall–Kier alpha value is -1.41. The van der Waals surface area contributed by atoms with Gasteiger partial charge in [-0.05, 0) is 24.7 Å². The first-order valence-corrected chi connectivity index (χ1v) is 4.96. The van der Waals surface area contributed by atoms with Gasteiger partial charge >= 0.3 is 0 Å². The number of allylic oxidation sites excluding steroid dienone is 2. The van der Waals surface area contributed by atoms with E-state index in [1.807, 2.05) is 31.4 Å². The smallest absolute Gasteiger partial charge is 0.123 e. The SMILES string of the molecule is [2H]C1(c2ccc(F)cc2)C=CC=CC1NC. The zero-order valence-corrected chi connectivity index (χ0v) is 8.57. The third-order valence-corrected chi connectivity index (χ3v) is 2.51. The summed E-state index contributed by atoms with van der Waals surface area (Å²) in [6.45, 7) is 0. The lowest BCUT2D eigenvalue weighted by Crippen LogP contribution is -2.30. The number of nitrogens with one attached hydrogen (secondary N) is 1. The summed E-state index contributed by atoms with van der Waals surface area (Å²) in [6, 6.07) is 6.02. The summed E-state index contributed by atoms with van der Waals surface area (Å²) in [5, 5.41) is 3.09. The zero-order valence-electron chi connectivity index (χ0n) is 9.57. The van der Waals surface area contributed by atoms with Crippen molar-refractivity contribution in [2.75, 3.05) is 7.05 Å². The summed E-state index contributed by atoms with van der Waals surface area (Å²) < 4.78 is 21.3. The van der Waals surface area contributed by atoms with Gasteiger partial charge in [-0.1, -0.05) is 36.4 Å². The molecule has 0 aromatic heterocycles. The Bertz CT molecular complexity index is 424. The van der Waals surface area contributed by atoms with Crippen molar-refractivity contribution < 1.29 is 5.76 Å².